The predicted molar refractivity (Wildman–Crippen MR) is 43.9 cm³/mol. The van der Waals surface area contributed by atoms with E-state index in [1.807, 2.05) is 0 Å². The zero-order valence-corrected chi connectivity index (χ0v) is 9.30. The molecule has 1 aliphatic carbocycles. The van der Waals surface area contributed by atoms with Crippen LogP contribution in [0.2, 0.25) is 0 Å². The third-order valence-electron chi connectivity index (χ3n) is 2.42. The van der Waals surface area contributed by atoms with Gasteiger partial charge in [0, 0.05) is 29.6 Å². The SMILES string of the molecule is CC1CCC(C)C(O)C1.[Na]. The summed E-state index contributed by atoms with van der Waals surface area (Å²) >= 11 is 0. The van der Waals surface area contributed by atoms with E-state index in [1.54, 1.807) is 0 Å². The number of hydrogen-bond acceptors (Lipinski definition) is 1. The van der Waals surface area contributed by atoms with Gasteiger partial charge in [0.05, 0.1) is 6.10 Å². The van der Waals surface area contributed by atoms with Gasteiger partial charge in [-0.3, -0.25) is 0 Å². The number of aliphatic hydroxyl groups excluding tert-OH is 1. The monoisotopic (exact) mass is 151 g/mol. The van der Waals surface area contributed by atoms with Gasteiger partial charge in [0.2, 0.25) is 0 Å². The minimum atomic E-state index is -0.0197. The largest absolute Gasteiger partial charge is 0.393 e. The molecule has 0 aliphatic heterocycles. The Morgan fingerprint density at radius 1 is 1.20 bits per heavy atom. The van der Waals surface area contributed by atoms with Gasteiger partial charge in [0.15, 0.2) is 0 Å². The fourth-order valence-electron chi connectivity index (χ4n) is 1.50. The second-order valence-corrected chi connectivity index (χ2v) is 3.46. The Balaban J connectivity index is 0.000000810. The van der Waals surface area contributed by atoms with Crippen LogP contribution in [0.15, 0.2) is 0 Å². The Hall–Kier alpha value is 0.960. The van der Waals surface area contributed by atoms with Crippen molar-refractivity contribution in [3.05, 3.63) is 0 Å². The van der Waals surface area contributed by atoms with Gasteiger partial charge >= 0.3 is 0 Å². The summed E-state index contributed by atoms with van der Waals surface area (Å²) in [7, 11) is 0. The quantitative estimate of drug-likeness (QED) is 0.519. The zero-order chi connectivity index (χ0) is 6.85. The summed E-state index contributed by atoms with van der Waals surface area (Å²) in [6.07, 6.45) is 3.51. The molecule has 1 rings (SSSR count). The fourth-order valence-corrected chi connectivity index (χ4v) is 1.50. The Morgan fingerprint density at radius 2 is 1.80 bits per heavy atom. The maximum absolute atomic E-state index is 9.35. The summed E-state index contributed by atoms with van der Waals surface area (Å²) in [5.74, 6) is 1.29. The van der Waals surface area contributed by atoms with Crippen LogP contribution in [0.1, 0.15) is 33.1 Å². The molecule has 1 N–H and O–H groups in total. The second-order valence-electron chi connectivity index (χ2n) is 3.46. The van der Waals surface area contributed by atoms with E-state index >= 15 is 0 Å². The minimum absolute atomic E-state index is 0. The van der Waals surface area contributed by atoms with Crippen molar-refractivity contribution in [2.45, 2.75) is 39.2 Å². The van der Waals surface area contributed by atoms with Gasteiger partial charge in [0.25, 0.3) is 0 Å². The van der Waals surface area contributed by atoms with Crippen LogP contribution in [0.25, 0.3) is 0 Å². The summed E-state index contributed by atoms with van der Waals surface area (Å²) in [5.41, 5.74) is 0. The van der Waals surface area contributed by atoms with Crippen LogP contribution in [0.3, 0.4) is 0 Å². The molecule has 10 heavy (non-hydrogen) atoms. The molecular weight excluding hydrogens is 135 g/mol. The Bertz CT molecular complexity index is 95.3. The third kappa shape index (κ3) is 2.91. The van der Waals surface area contributed by atoms with Gasteiger partial charge in [-0.05, 0) is 24.7 Å². The molecule has 1 nitrogen and oxygen atoms in total. The van der Waals surface area contributed by atoms with E-state index in [9.17, 15) is 5.11 Å². The molecule has 0 bridgehead atoms. The average Bonchev–Trinajstić information content (AvgIpc) is 1.80. The van der Waals surface area contributed by atoms with E-state index in [2.05, 4.69) is 13.8 Å². The Kier molecular flexibility index (Phi) is 5.22. The predicted octanol–water partition coefficient (Wildman–Crippen LogP) is 1.42. The van der Waals surface area contributed by atoms with Crippen molar-refractivity contribution < 1.29 is 5.11 Å². The molecule has 0 heterocycles. The van der Waals surface area contributed by atoms with Crippen LogP contribution >= 0.6 is 0 Å². The van der Waals surface area contributed by atoms with Crippen molar-refractivity contribution in [3.8, 4) is 0 Å². The van der Waals surface area contributed by atoms with Crippen LogP contribution in [-0.2, 0) is 0 Å². The molecule has 1 saturated carbocycles. The molecule has 1 aliphatic rings. The van der Waals surface area contributed by atoms with Crippen molar-refractivity contribution in [3.63, 3.8) is 0 Å². The maximum atomic E-state index is 9.35. The molecule has 0 spiro atoms. The molecule has 3 unspecified atom stereocenters. The summed E-state index contributed by atoms with van der Waals surface area (Å²) in [6.45, 7) is 4.35. The van der Waals surface area contributed by atoms with Crippen LogP contribution in [0.5, 0.6) is 0 Å². The molecule has 55 valence electrons. The molecule has 0 aromatic heterocycles. The molecule has 2 heteroatoms. The van der Waals surface area contributed by atoms with Crippen molar-refractivity contribution in [2.24, 2.45) is 11.8 Å². The maximum Gasteiger partial charge on any atom is 0.0568 e. The first-order chi connectivity index (χ1) is 4.20. The van der Waals surface area contributed by atoms with E-state index in [0.29, 0.717) is 5.92 Å². The van der Waals surface area contributed by atoms with E-state index in [-0.39, 0.29) is 35.7 Å². The molecule has 3 atom stereocenters. The molecule has 0 aromatic rings. The number of aliphatic hydroxyl groups is 1. The molecule has 1 fully saturated rings. The topological polar surface area (TPSA) is 20.2 Å². The van der Waals surface area contributed by atoms with Crippen molar-refractivity contribution in [1.29, 1.82) is 0 Å². The van der Waals surface area contributed by atoms with E-state index in [1.165, 1.54) is 12.8 Å². The van der Waals surface area contributed by atoms with Crippen molar-refractivity contribution >= 4 is 29.6 Å². The van der Waals surface area contributed by atoms with Gasteiger partial charge in [-0.1, -0.05) is 20.3 Å². The van der Waals surface area contributed by atoms with Crippen LogP contribution < -0.4 is 0 Å². The van der Waals surface area contributed by atoms with Gasteiger partial charge < -0.3 is 5.11 Å². The van der Waals surface area contributed by atoms with Crippen LogP contribution in [0.4, 0.5) is 0 Å². The summed E-state index contributed by atoms with van der Waals surface area (Å²) in [4.78, 5) is 0. The van der Waals surface area contributed by atoms with E-state index in [4.69, 9.17) is 0 Å². The number of hydrogen-bond donors (Lipinski definition) is 1. The minimum Gasteiger partial charge on any atom is -0.393 e. The fraction of sp³-hybridized carbons (Fsp3) is 1.00. The summed E-state index contributed by atoms with van der Waals surface area (Å²) in [5, 5.41) is 9.35. The van der Waals surface area contributed by atoms with Crippen LogP contribution in [0, 0.1) is 11.8 Å². The smallest absolute Gasteiger partial charge is 0.0568 e. The zero-order valence-electron chi connectivity index (χ0n) is 7.30. The Labute approximate surface area is 85.5 Å². The molecule has 1 radical (unpaired) electrons. The normalized spacial score (nSPS) is 40.5. The van der Waals surface area contributed by atoms with E-state index < -0.39 is 0 Å². The molecular formula is C8H16NaO. The van der Waals surface area contributed by atoms with Crippen LogP contribution in [-0.4, -0.2) is 40.8 Å². The van der Waals surface area contributed by atoms with Gasteiger partial charge in [-0.25, -0.2) is 0 Å². The molecule has 0 aromatic carbocycles. The third-order valence-corrected chi connectivity index (χ3v) is 2.42. The van der Waals surface area contributed by atoms with Gasteiger partial charge in [0.1, 0.15) is 0 Å². The first kappa shape index (κ1) is 11.0. The average molecular weight is 151 g/mol. The van der Waals surface area contributed by atoms with E-state index in [0.717, 1.165) is 12.3 Å². The number of rotatable bonds is 0. The Morgan fingerprint density at radius 3 is 2.20 bits per heavy atom. The van der Waals surface area contributed by atoms with Crippen molar-refractivity contribution in [2.75, 3.05) is 0 Å². The summed E-state index contributed by atoms with van der Waals surface area (Å²) < 4.78 is 0. The first-order valence-electron chi connectivity index (χ1n) is 3.88. The first-order valence-corrected chi connectivity index (χ1v) is 3.88. The molecule has 0 saturated heterocycles. The second kappa shape index (κ2) is 4.76. The molecule has 0 amide bonds. The van der Waals surface area contributed by atoms with Gasteiger partial charge in [-0.15, -0.1) is 0 Å². The summed E-state index contributed by atoms with van der Waals surface area (Å²) in [6, 6.07) is 0. The van der Waals surface area contributed by atoms with Gasteiger partial charge in [-0.2, -0.15) is 0 Å². The standard InChI is InChI=1S/C8H16O.Na/c1-6-3-4-7(2)8(9)5-6;/h6-9H,3-5H2,1-2H3;. The van der Waals surface area contributed by atoms with Crippen molar-refractivity contribution in [1.82, 2.24) is 0 Å².